The molecule has 0 spiro atoms. The van der Waals surface area contributed by atoms with Crippen LogP contribution in [0.15, 0.2) is 42.6 Å². The van der Waals surface area contributed by atoms with E-state index in [1.807, 2.05) is 31.2 Å². The van der Waals surface area contributed by atoms with Crippen LogP contribution in [0.5, 0.6) is 5.75 Å². The van der Waals surface area contributed by atoms with Crippen molar-refractivity contribution in [1.82, 2.24) is 10.3 Å². The van der Waals surface area contributed by atoms with E-state index in [4.69, 9.17) is 4.74 Å². The molecule has 0 saturated heterocycles. The lowest BCUT2D eigenvalue weighted by Gasteiger charge is -2.29. The van der Waals surface area contributed by atoms with Gasteiger partial charge in [-0.25, -0.2) is 4.98 Å². The SMILES string of the molecule is Cc1cccc(OCCC(=O)NC2CCC(Nc3ncccc3[N+](=O)[O-])CC2)c1. The number of nitrogens with one attached hydrogen (secondary N) is 2. The first kappa shape index (κ1) is 20.6. The Labute approximate surface area is 169 Å². The topological polar surface area (TPSA) is 106 Å². The van der Waals surface area contributed by atoms with Crippen molar-refractivity contribution < 1.29 is 14.5 Å². The second-order valence-corrected chi connectivity index (χ2v) is 7.30. The first-order valence-corrected chi connectivity index (χ1v) is 9.86. The van der Waals surface area contributed by atoms with Crippen LogP contribution in [0.4, 0.5) is 11.5 Å². The Hall–Kier alpha value is -3.16. The lowest BCUT2D eigenvalue weighted by atomic mass is 9.91. The number of aryl methyl sites for hydroxylation is 1. The van der Waals surface area contributed by atoms with E-state index in [0.717, 1.165) is 37.0 Å². The van der Waals surface area contributed by atoms with Gasteiger partial charge >= 0.3 is 5.69 Å². The second-order valence-electron chi connectivity index (χ2n) is 7.30. The predicted molar refractivity (Wildman–Crippen MR) is 110 cm³/mol. The third-order valence-corrected chi connectivity index (χ3v) is 5.00. The van der Waals surface area contributed by atoms with Crippen molar-refractivity contribution in [2.45, 2.75) is 51.1 Å². The highest BCUT2D eigenvalue weighted by molar-refractivity contribution is 5.76. The van der Waals surface area contributed by atoms with Crippen molar-refractivity contribution in [2.24, 2.45) is 0 Å². The second kappa shape index (κ2) is 9.86. The summed E-state index contributed by atoms with van der Waals surface area (Å²) in [6.07, 6.45) is 5.13. The molecule has 8 heteroatoms. The monoisotopic (exact) mass is 398 g/mol. The van der Waals surface area contributed by atoms with Crippen LogP contribution in [-0.2, 0) is 4.79 Å². The van der Waals surface area contributed by atoms with Gasteiger partial charge in [0, 0.05) is 24.3 Å². The number of nitro groups is 1. The number of carbonyl (C=O) groups is 1. The van der Waals surface area contributed by atoms with Gasteiger partial charge in [0.05, 0.1) is 18.0 Å². The third-order valence-electron chi connectivity index (χ3n) is 5.00. The highest BCUT2D eigenvalue weighted by atomic mass is 16.6. The summed E-state index contributed by atoms with van der Waals surface area (Å²) in [7, 11) is 0. The van der Waals surface area contributed by atoms with Crippen molar-refractivity contribution in [3.05, 3.63) is 58.3 Å². The van der Waals surface area contributed by atoms with Gasteiger partial charge in [0.2, 0.25) is 11.7 Å². The predicted octanol–water partition coefficient (Wildman–Crippen LogP) is 3.61. The van der Waals surface area contributed by atoms with Crippen molar-refractivity contribution >= 4 is 17.4 Å². The molecule has 1 heterocycles. The van der Waals surface area contributed by atoms with Crippen LogP contribution in [0.2, 0.25) is 0 Å². The fraction of sp³-hybridized carbons (Fsp3) is 0.429. The maximum Gasteiger partial charge on any atom is 0.311 e. The highest BCUT2D eigenvalue weighted by Crippen LogP contribution is 2.26. The summed E-state index contributed by atoms with van der Waals surface area (Å²) in [5.74, 6) is 1.06. The van der Waals surface area contributed by atoms with Crippen LogP contribution in [0.1, 0.15) is 37.7 Å². The fourth-order valence-electron chi connectivity index (χ4n) is 3.50. The normalized spacial score (nSPS) is 18.7. The number of carbonyl (C=O) groups excluding carboxylic acids is 1. The van der Waals surface area contributed by atoms with E-state index in [1.54, 1.807) is 12.3 Å². The van der Waals surface area contributed by atoms with Crippen LogP contribution in [0.25, 0.3) is 0 Å². The molecule has 1 amide bonds. The highest BCUT2D eigenvalue weighted by Gasteiger charge is 2.24. The average Bonchev–Trinajstić information content (AvgIpc) is 2.70. The Bertz CT molecular complexity index is 850. The molecule has 2 aromatic rings. The van der Waals surface area contributed by atoms with Gasteiger partial charge in [-0.05, 0) is 56.4 Å². The Kier molecular flexibility index (Phi) is 6.99. The molecule has 1 aliphatic carbocycles. The zero-order valence-corrected chi connectivity index (χ0v) is 16.5. The molecule has 0 unspecified atom stereocenters. The lowest BCUT2D eigenvalue weighted by molar-refractivity contribution is -0.384. The Morgan fingerprint density at radius 2 is 1.97 bits per heavy atom. The summed E-state index contributed by atoms with van der Waals surface area (Å²) in [6, 6.07) is 11.0. The first-order chi connectivity index (χ1) is 14.0. The standard InChI is InChI=1S/C21H26N4O4/c1-15-4-2-5-18(14-15)29-13-11-20(26)23-16-7-9-17(10-8-16)24-21-19(25(27)28)6-3-12-22-21/h2-6,12,14,16-17H,7-11,13H2,1H3,(H,22,24)(H,23,26). The molecule has 1 aromatic carbocycles. The van der Waals surface area contributed by atoms with E-state index in [1.165, 1.54) is 6.07 Å². The minimum atomic E-state index is -0.431. The molecule has 3 rings (SSSR count). The largest absolute Gasteiger partial charge is 0.493 e. The zero-order chi connectivity index (χ0) is 20.6. The van der Waals surface area contributed by atoms with Gasteiger partial charge in [-0.15, -0.1) is 0 Å². The molecule has 1 aromatic heterocycles. The van der Waals surface area contributed by atoms with Gasteiger partial charge < -0.3 is 15.4 Å². The van der Waals surface area contributed by atoms with Crippen LogP contribution < -0.4 is 15.4 Å². The number of ether oxygens (including phenoxy) is 1. The summed E-state index contributed by atoms with van der Waals surface area (Å²) in [5, 5.41) is 17.3. The first-order valence-electron chi connectivity index (χ1n) is 9.86. The van der Waals surface area contributed by atoms with Crippen molar-refractivity contribution in [3.63, 3.8) is 0 Å². The number of nitrogens with zero attached hydrogens (tertiary/aromatic N) is 2. The van der Waals surface area contributed by atoms with Crippen LogP contribution in [0, 0.1) is 17.0 Å². The van der Waals surface area contributed by atoms with Gasteiger partial charge in [-0.1, -0.05) is 12.1 Å². The van der Waals surface area contributed by atoms with Crippen molar-refractivity contribution in [3.8, 4) is 5.75 Å². The number of hydrogen-bond acceptors (Lipinski definition) is 6. The molecule has 0 atom stereocenters. The molecule has 154 valence electrons. The summed E-state index contributed by atoms with van der Waals surface area (Å²) in [6.45, 7) is 2.34. The number of hydrogen-bond donors (Lipinski definition) is 2. The number of rotatable bonds is 8. The third kappa shape index (κ3) is 6.17. The summed E-state index contributed by atoms with van der Waals surface area (Å²) >= 11 is 0. The maximum atomic E-state index is 12.2. The van der Waals surface area contributed by atoms with Crippen LogP contribution in [0.3, 0.4) is 0 Å². The molecule has 1 fully saturated rings. The zero-order valence-electron chi connectivity index (χ0n) is 16.5. The molecule has 2 N–H and O–H groups in total. The van der Waals surface area contributed by atoms with Crippen LogP contribution in [-0.4, -0.2) is 34.5 Å². The number of pyridine rings is 1. The molecular weight excluding hydrogens is 372 g/mol. The van der Waals surface area contributed by atoms with E-state index in [-0.39, 0.29) is 23.7 Å². The molecule has 0 aliphatic heterocycles. The van der Waals surface area contributed by atoms with Gasteiger partial charge in [0.15, 0.2) is 0 Å². The van der Waals surface area contributed by atoms with Crippen LogP contribution >= 0.6 is 0 Å². The molecule has 1 saturated carbocycles. The summed E-state index contributed by atoms with van der Waals surface area (Å²) in [5.41, 5.74) is 1.10. The summed E-state index contributed by atoms with van der Waals surface area (Å²) in [4.78, 5) is 26.9. The molecule has 0 radical (unpaired) electrons. The maximum absolute atomic E-state index is 12.2. The van der Waals surface area contributed by atoms with E-state index in [9.17, 15) is 14.9 Å². The smallest absolute Gasteiger partial charge is 0.311 e. The number of anilines is 1. The fourth-order valence-corrected chi connectivity index (χ4v) is 3.50. The molecule has 1 aliphatic rings. The Morgan fingerprint density at radius 1 is 1.21 bits per heavy atom. The van der Waals surface area contributed by atoms with E-state index >= 15 is 0 Å². The van der Waals surface area contributed by atoms with Crippen molar-refractivity contribution in [1.29, 1.82) is 0 Å². The van der Waals surface area contributed by atoms with Crippen molar-refractivity contribution in [2.75, 3.05) is 11.9 Å². The quantitative estimate of drug-likeness (QED) is 0.520. The molecule has 0 bridgehead atoms. The molecular formula is C21H26N4O4. The Morgan fingerprint density at radius 3 is 2.69 bits per heavy atom. The van der Waals surface area contributed by atoms with Gasteiger partial charge in [-0.3, -0.25) is 14.9 Å². The molecule has 8 nitrogen and oxygen atoms in total. The van der Waals surface area contributed by atoms with E-state index < -0.39 is 4.92 Å². The molecule has 29 heavy (non-hydrogen) atoms. The van der Waals surface area contributed by atoms with Gasteiger partial charge in [0.1, 0.15) is 5.75 Å². The number of aromatic nitrogens is 1. The lowest BCUT2D eigenvalue weighted by Crippen LogP contribution is -2.40. The number of benzene rings is 1. The van der Waals surface area contributed by atoms with Gasteiger partial charge in [-0.2, -0.15) is 0 Å². The van der Waals surface area contributed by atoms with E-state index in [0.29, 0.717) is 18.8 Å². The Balaban J connectivity index is 1.38. The minimum Gasteiger partial charge on any atom is -0.493 e. The number of amides is 1. The average molecular weight is 398 g/mol. The van der Waals surface area contributed by atoms with Gasteiger partial charge in [0.25, 0.3) is 0 Å². The van der Waals surface area contributed by atoms with E-state index in [2.05, 4.69) is 15.6 Å². The minimum absolute atomic E-state index is 0.0171. The summed E-state index contributed by atoms with van der Waals surface area (Å²) < 4.78 is 5.63.